The first kappa shape index (κ1) is 13.4. The van der Waals surface area contributed by atoms with Crippen LogP contribution in [0, 0.1) is 11.3 Å². The molecule has 4 nitrogen and oxygen atoms in total. The van der Waals surface area contributed by atoms with Gasteiger partial charge in [0.1, 0.15) is 0 Å². The van der Waals surface area contributed by atoms with Crippen LogP contribution in [-0.2, 0) is 9.53 Å². The van der Waals surface area contributed by atoms with Crippen LogP contribution in [0.15, 0.2) is 0 Å². The molecule has 2 aliphatic carbocycles. The van der Waals surface area contributed by atoms with Crippen molar-refractivity contribution < 1.29 is 9.53 Å². The third-order valence-electron chi connectivity index (χ3n) is 5.69. The molecule has 4 unspecified atom stereocenters. The van der Waals surface area contributed by atoms with Crippen molar-refractivity contribution in [3.05, 3.63) is 0 Å². The maximum atomic E-state index is 12.6. The standard InChI is InChI=1S/C15H26N2O2/c1-2-15(7-3-4-8-15)14(18)17-12-11(16)10-6-5-9-19-13(10)12/h10-13H,2-9,16H2,1H3,(H,17,18). The summed E-state index contributed by atoms with van der Waals surface area (Å²) in [5, 5.41) is 3.21. The van der Waals surface area contributed by atoms with Gasteiger partial charge in [0.05, 0.1) is 12.1 Å². The van der Waals surface area contributed by atoms with Gasteiger partial charge in [-0.05, 0) is 32.1 Å². The quantitative estimate of drug-likeness (QED) is 0.815. The van der Waals surface area contributed by atoms with Crippen molar-refractivity contribution in [2.75, 3.05) is 6.61 Å². The molecule has 0 bridgehead atoms. The second-order valence-corrected chi connectivity index (χ2v) is 6.56. The molecular weight excluding hydrogens is 240 g/mol. The van der Waals surface area contributed by atoms with Gasteiger partial charge in [0.2, 0.25) is 5.91 Å². The third-order valence-corrected chi connectivity index (χ3v) is 5.69. The first-order valence-electron chi connectivity index (χ1n) is 7.86. The summed E-state index contributed by atoms with van der Waals surface area (Å²) in [5.41, 5.74) is 6.09. The predicted octanol–water partition coefficient (Wildman–Crippen LogP) is 1.58. The summed E-state index contributed by atoms with van der Waals surface area (Å²) in [5.74, 6) is 0.681. The fourth-order valence-electron chi connectivity index (χ4n) is 4.22. The van der Waals surface area contributed by atoms with Gasteiger partial charge >= 0.3 is 0 Å². The number of amides is 1. The Morgan fingerprint density at radius 1 is 1.37 bits per heavy atom. The molecule has 0 spiro atoms. The maximum Gasteiger partial charge on any atom is 0.226 e. The van der Waals surface area contributed by atoms with Gasteiger partial charge in [-0.3, -0.25) is 4.79 Å². The average molecular weight is 266 g/mol. The molecule has 1 amide bonds. The van der Waals surface area contributed by atoms with Crippen molar-refractivity contribution >= 4 is 5.91 Å². The van der Waals surface area contributed by atoms with E-state index in [1.54, 1.807) is 0 Å². The van der Waals surface area contributed by atoms with E-state index in [9.17, 15) is 4.79 Å². The molecule has 1 aliphatic heterocycles. The molecule has 1 saturated heterocycles. The molecule has 3 fully saturated rings. The van der Waals surface area contributed by atoms with Crippen molar-refractivity contribution in [3.8, 4) is 0 Å². The molecule has 0 aromatic carbocycles. The van der Waals surface area contributed by atoms with Crippen LogP contribution >= 0.6 is 0 Å². The summed E-state index contributed by atoms with van der Waals surface area (Å²) in [6, 6.07) is 0.131. The topological polar surface area (TPSA) is 64.4 Å². The lowest BCUT2D eigenvalue weighted by molar-refractivity contribution is -0.146. The normalized spacial score (nSPS) is 40.3. The predicted molar refractivity (Wildman–Crippen MR) is 73.6 cm³/mol. The van der Waals surface area contributed by atoms with E-state index in [0.717, 1.165) is 38.7 Å². The number of rotatable bonds is 3. The number of hydrogen-bond donors (Lipinski definition) is 2. The highest BCUT2D eigenvalue weighted by Gasteiger charge is 2.52. The van der Waals surface area contributed by atoms with E-state index in [-0.39, 0.29) is 29.5 Å². The lowest BCUT2D eigenvalue weighted by atomic mass is 9.68. The zero-order chi connectivity index (χ0) is 13.5. The van der Waals surface area contributed by atoms with Gasteiger partial charge in [0.15, 0.2) is 0 Å². The highest BCUT2D eigenvalue weighted by Crippen LogP contribution is 2.43. The van der Waals surface area contributed by atoms with E-state index in [1.807, 2.05) is 0 Å². The summed E-state index contributed by atoms with van der Waals surface area (Å²) in [4.78, 5) is 12.6. The average Bonchev–Trinajstić information content (AvgIpc) is 2.94. The summed E-state index contributed by atoms with van der Waals surface area (Å²) in [7, 11) is 0. The Balaban J connectivity index is 1.63. The number of carbonyl (C=O) groups is 1. The van der Waals surface area contributed by atoms with Gasteiger partial charge in [-0.25, -0.2) is 0 Å². The molecule has 0 aromatic rings. The molecule has 4 heteroatoms. The molecule has 2 saturated carbocycles. The summed E-state index contributed by atoms with van der Waals surface area (Å²) >= 11 is 0. The van der Waals surface area contributed by atoms with Crippen LogP contribution in [0.1, 0.15) is 51.9 Å². The summed E-state index contributed by atoms with van der Waals surface area (Å²) in [6.07, 6.45) is 7.80. The minimum atomic E-state index is -0.126. The number of carbonyl (C=O) groups excluding carboxylic acids is 1. The number of hydrogen-bond acceptors (Lipinski definition) is 3. The molecule has 0 radical (unpaired) electrons. The van der Waals surface area contributed by atoms with Crippen molar-refractivity contribution in [3.63, 3.8) is 0 Å². The Bertz CT molecular complexity index is 352. The highest BCUT2D eigenvalue weighted by atomic mass is 16.5. The zero-order valence-corrected chi connectivity index (χ0v) is 11.9. The Morgan fingerprint density at radius 3 is 2.79 bits per heavy atom. The van der Waals surface area contributed by atoms with Crippen molar-refractivity contribution in [2.45, 2.75) is 70.1 Å². The minimum Gasteiger partial charge on any atom is -0.376 e. The highest BCUT2D eigenvalue weighted by molar-refractivity contribution is 5.83. The second kappa shape index (κ2) is 5.06. The Labute approximate surface area is 115 Å². The van der Waals surface area contributed by atoms with Crippen LogP contribution in [0.5, 0.6) is 0 Å². The van der Waals surface area contributed by atoms with E-state index in [1.165, 1.54) is 12.8 Å². The fraction of sp³-hybridized carbons (Fsp3) is 0.933. The van der Waals surface area contributed by atoms with E-state index in [4.69, 9.17) is 10.5 Å². The van der Waals surface area contributed by atoms with Crippen molar-refractivity contribution in [2.24, 2.45) is 17.1 Å². The monoisotopic (exact) mass is 266 g/mol. The fourth-order valence-corrected chi connectivity index (χ4v) is 4.22. The van der Waals surface area contributed by atoms with Crippen LogP contribution in [0.4, 0.5) is 0 Å². The summed E-state index contributed by atoms with van der Waals surface area (Å²) in [6.45, 7) is 2.95. The molecule has 1 heterocycles. The Kier molecular flexibility index (Phi) is 3.56. The Morgan fingerprint density at radius 2 is 2.11 bits per heavy atom. The smallest absolute Gasteiger partial charge is 0.226 e. The molecule has 4 atom stereocenters. The number of fused-ring (bicyclic) bond motifs is 1. The van der Waals surface area contributed by atoms with Crippen LogP contribution < -0.4 is 11.1 Å². The van der Waals surface area contributed by atoms with Crippen LogP contribution in [0.2, 0.25) is 0 Å². The molecule has 0 aromatic heterocycles. The molecule has 3 rings (SSSR count). The van der Waals surface area contributed by atoms with Crippen LogP contribution in [-0.4, -0.2) is 30.7 Å². The number of nitrogens with two attached hydrogens (primary N) is 1. The van der Waals surface area contributed by atoms with Gasteiger partial charge in [0, 0.05) is 24.0 Å². The SMILES string of the molecule is CCC1(C(=O)NC2C(N)C3CCCOC32)CCCC1. The van der Waals surface area contributed by atoms with Gasteiger partial charge in [-0.1, -0.05) is 19.8 Å². The van der Waals surface area contributed by atoms with E-state index in [2.05, 4.69) is 12.2 Å². The first-order chi connectivity index (χ1) is 9.18. The molecule has 3 N–H and O–H groups in total. The van der Waals surface area contributed by atoms with Gasteiger partial charge in [0.25, 0.3) is 0 Å². The number of ether oxygens (including phenoxy) is 1. The van der Waals surface area contributed by atoms with Crippen LogP contribution in [0.3, 0.4) is 0 Å². The van der Waals surface area contributed by atoms with Crippen molar-refractivity contribution in [1.82, 2.24) is 5.32 Å². The first-order valence-corrected chi connectivity index (χ1v) is 7.86. The lowest BCUT2D eigenvalue weighted by Crippen LogP contribution is -2.72. The number of nitrogens with one attached hydrogen (secondary N) is 1. The molecule has 108 valence electrons. The van der Waals surface area contributed by atoms with Gasteiger partial charge < -0.3 is 15.8 Å². The van der Waals surface area contributed by atoms with E-state index < -0.39 is 0 Å². The van der Waals surface area contributed by atoms with Crippen molar-refractivity contribution in [1.29, 1.82) is 0 Å². The lowest BCUT2D eigenvalue weighted by Gasteiger charge is -2.53. The zero-order valence-electron chi connectivity index (χ0n) is 11.9. The summed E-state index contributed by atoms with van der Waals surface area (Å²) < 4.78 is 5.80. The van der Waals surface area contributed by atoms with Crippen LogP contribution in [0.25, 0.3) is 0 Å². The van der Waals surface area contributed by atoms with Gasteiger partial charge in [-0.2, -0.15) is 0 Å². The largest absolute Gasteiger partial charge is 0.376 e. The van der Waals surface area contributed by atoms with Gasteiger partial charge in [-0.15, -0.1) is 0 Å². The molecule has 19 heavy (non-hydrogen) atoms. The second-order valence-electron chi connectivity index (χ2n) is 6.56. The third kappa shape index (κ3) is 2.09. The van der Waals surface area contributed by atoms with E-state index >= 15 is 0 Å². The van der Waals surface area contributed by atoms with E-state index in [0.29, 0.717) is 5.92 Å². The maximum absolute atomic E-state index is 12.6. The molecule has 3 aliphatic rings. The Hall–Kier alpha value is -0.610. The minimum absolute atomic E-state index is 0.0434. The molecular formula is C15H26N2O2.